The van der Waals surface area contributed by atoms with Crippen LogP contribution in [0.2, 0.25) is 0 Å². The maximum Gasteiger partial charge on any atom is 0.0589 e. The minimum atomic E-state index is 0.695. The number of alkyl halides is 1. The molecule has 0 aliphatic carbocycles. The highest BCUT2D eigenvalue weighted by Crippen LogP contribution is 1.83. The van der Waals surface area contributed by atoms with Crippen LogP contribution in [0.25, 0.3) is 0 Å². The largest absolute Gasteiger partial charge is 0.383 e. The highest BCUT2D eigenvalue weighted by atomic mass is 35.5. The molecule has 0 bridgehead atoms. The molecule has 0 atom stereocenters. The third kappa shape index (κ3) is 13.2. The highest BCUT2D eigenvalue weighted by molar-refractivity contribution is 6.18. The van der Waals surface area contributed by atoms with Crippen molar-refractivity contribution < 1.29 is 4.74 Å². The minimum absolute atomic E-state index is 0.695. The molecule has 0 spiro atoms. The lowest BCUT2D eigenvalue weighted by Crippen LogP contribution is -2.24. The molecule has 2 nitrogen and oxygen atoms in total. The van der Waals surface area contributed by atoms with E-state index in [1.807, 2.05) is 20.9 Å². The van der Waals surface area contributed by atoms with Gasteiger partial charge < -0.3 is 9.64 Å². The van der Waals surface area contributed by atoms with Crippen LogP contribution in [-0.2, 0) is 4.74 Å². The number of methoxy groups -OCH3 is 1. The second-order valence-electron chi connectivity index (χ2n) is 1.99. The van der Waals surface area contributed by atoms with Crippen LogP contribution in [0.3, 0.4) is 0 Å². The standard InChI is InChI=1S/C6H14ClNO.C2H6/c1-8(4-3-7)5-6-9-2;1-2/h3-6H2,1-2H3;1-2H3. The van der Waals surface area contributed by atoms with Crippen molar-refractivity contribution in [1.29, 1.82) is 0 Å². The Morgan fingerprint density at radius 1 is 1.27 bits per heavy atom. The van der Waals surface area contributed by atoms with Gasteiger partial charge in [-0.15, -0.1) is 11.6 Å². The molecule has 0 amide bonds. The Balaban J connectivity index is 0. The molecule has 0 aromatic carbocycles. The van der Waals surface area contributed by atoms with Crippen molar-refractivity contribution in [2.75, 3.05) is 39.7 Å². The van der Waals surface area contributed by atoms with E-state index in [-0.39, 0.29) is 0 Å². The van der Waals surface area contributed by atoms with Gasteiger partial charge >= 0.3 is 0 Å². The van der Waals surface area contributed by atoms with Crippen molar-refractivity contribution in [2.24, 2.45) is 0 Å². The van der Waals surface area contributed by atoms with Gasteiger partial charge in [-0.05, 0) is 7.05 Å². The van der Waals surface area contributed by atoms with Crippen LogP contribution in [0.5, 0.6) is 0 Å². The first-order chi connectivity index (χ1) is 5.31. The first-order valence-corrected chi connectivity index (χ1v) is 4.58. The molecule has 0 aromatic rings. The SMILES string of the molecule is CC.COCCN(C)CCCl. The molecule has 0 aliphatic rings. The molecule has 0 N–H and O–H groups in total. The Hall–Kier alpha value is 0.210. The van der Waals surface area contributed by atoms with Gasteiger partial charge in [-0.2, -0.15) is 0 Å². The molecule has 11 heavy (non-hydrogen) atoms. The maximum absolute atomic E-state index is 5.49. The van der Waals surface area contributed by atoms with Gasteiger partial charge in [0.1, 0.15) is 0 Å². The fourth-order valence-corrected chi connectivity index (χ4v) is 0.792. The number of rotatable bonds is 5. The van der Waals surface area contributed by atoms with Crippen LogP contribution in [0, 0.1) is 0 Å². The van der Waals surface area contributed by atoms with Gasteiger partial charge in [0, 0.05) is 26.1 Å². The van der Waals surface area contributed by atoms with Crippen LogP contribution in [-0.4, -0.2) is 44.6 Å². The fourth-order valence-electron chi connectivity index (χ4n) is 0.503. The highest BCUT2D eigenvalue weighted by Gasteiger charge is 1.93. The fraction of sp³-hybridized carbons (Fsp3) is 1.00. The average Bonchev–Trinajstić information content (AvgIpc) is 2.05. The molecule has 0 aliphatic heterocycles. The topological polar surface area (TPSA) is 12.5 Å². The molecule has 70 valence electrons. The Morgan fingerprint density at radius 3 is 2.18 bits per heavy atom. The van der Waals surface area contributed by atoms with Gasteiger partial charge in [-0.25, -0.2) is 0 Å². The Bertz CT molecular complexity index is 62.1. The predicted octanol–water partition coefficient (Wildman–Crippen LogP) is 1.83. The summed E-state index contributed by atoms with van der Waals surface area (Å²) in [6.45, 7) is 6.68. The Kier molecular flexibility index (Phi) is 16.1. The van der Waals surface area contributed by atoms with E-state index in [1.54, 1.807) is 7.11 Å². The molecule has 0 aromatic heterocycles. The third-order valence-electron chi connectivity index (χ3n) is 1.14. The zero-order valence-electron chi connectivity index (χ0n) is 8.06. The Labute approximate surface area is 75.5 Å². The summed E-state index contributed by atoms with van der Waals surface area (Å²) in [4.78, 5) is 2.14. The van der Waals surface area contributed by atoms with Crippen LogP contribution >= 0.6 is 11.6 Å². The summed E-state index contributed by atoms with van der Waals surface area (Å²) in [5.41, 5.74) is 0. The molecule has 0 saturated carbocycles. The monoisotopic (exact) mass is 181 g/mol. The van der Waals surface area contributed by atoms with E-state index in [9.17, 15) is 0 Å². The number of halogens is 1. The first kappa shape index (κ1) is 13.8. The summed E-state index contributed by atoms with van der Waals surface area (Å²) < 4.78 is 4.87. The van der Waals surface area contributed by atoms with Crippen LogP contribution in [0.4, 0.5) is 0 Å². The molecule has 0 fully saturated rings. The van der Waals surface area contributed by atoms with E-state index in [2.05, 4.69) is 4.90 Å². The van der Waals surface area contributed by atoms with E-state index in [4.69, 9.17) is 16.3 Å². The van der Waals surface area contributed by atoms with Crippen molar-refractivity contribution in [3.63, 3.8) is 0 Å². The van der Waals surface area contributed by atoms with Crippen molar-refractivity contribution in [3.05, 3.63) is 0 Å². The summed E-state index contributed by atoms with van der Waals surface area (Å²) in [5, 5.41) is 0. The summed E-state index contributed by atoms with van der Waals surface area (Å²) in [5.74, 6) is 0.695. The quantitative estimate of drug-likeness (QED) is 0.601. The molecular formula is C8H20ClNO. The summed E-state index contributed by atoms with van der Waals surface area (Å²) >= 11 is 5.49. The van der Waals surface area contributed by atoms with E-state index in [0.717, 1.165) is 19.7 Å². The van der Waals surface area contributed by atoms with Crippen molar-refractivity contribution in [1.82, 2.24) is 4.90 Å². The number of hydrogen-bond donors (Lipinski definition) is 0. The maximum atomic E-state index is 5.49. The third-order valence-corrected chi connectivity index (χ3v) is 1.31. The zero-order chi connectivity index (χ0) is 9.11. The van der Waals surface area contributed by atoms with Gasteiger partial charge in [0.05, 0.1) is 6.61 Å². The van der Waals surface area contributed by atoms with Crippen LogP contribution < -0.4 is 0 Å². The normalized spacial score (nSPS) is 9.27. The second kappa shape index (κ2) is 12.8. The lowest BCUT2D eigenvalue weighted by Gasteiger charge is -2.12. The second-order valence-corrected chi connectivity index (χ2v) is 2.36. The van der Waals surface area contributed by atoms with Gasteiger partial charge in [-0.1, -0.05) is 13.8 Å². The van der Waals surface area contributed by atoms with Crippen LogP contribution in [0.1, 0.15) is 13.8 Å². The van der Waals surface area contributed by atoms with E-state index in [1.165, 1.54) is 0 Å². The molecule has 0 heterocycles. The number of likely N-dealkylation sites (N-methyl/N-ethyl adjacent to an activating group) is 1. The van der Waals surface area contributed by atoms with Gasteiger partial charge in [-0.3, -0.25) is 0 Å². The number of nitrogens with zero attached hydrogens (tertiary/aromatic N) is 1. The zero-order valence-corrected chi connectivity index (χ0v) is 8.82. The molecule has 0 rings (SSSR count). The number of ether oxygens (including phenoxy) is 1. The van der Waals surface area contributed by atoms with Gasteiger partial charge in [0.2, 0.25) is 0 Å². The van der Waals surface area contributed by atoms with E-state index < -0.39 is 0 Å². The van der Waals surface area contributed by atoms with Crippen molar-refractivity contribution in [2.45, 2.75) is 13.8 Å². The van der Waals surface area contributed by atoms with E-state index in [0.29, 0.717) is 5.88 Å². The molecular weight excluding hydrogens is 162 g/mol. The Morgan fingerprint density at radius 2 is 1.82 bits per heavy atom. The van der Waals surface area contributed by atoms with Gasteiger partial charge in [0.15, 0.2) is 0 Å². The summed E-state index contributed by atoms with van der Waals surface area (Å²) in [6, 6.07) is 0. The van der Waals surface area contributed by atoms with Crippen molar-refractivity contribution >= 4 is 11.6 Å². The summed E-state index contributed by atoms with van der Waals surface area (Å²) in [6.07, 6.45) is 0. The number of hydrogen-bond acceptors (Lipinski definition) is 2. The smallest absolute Gasteiger partial charge is 0.0589 e. The molecule has 3 heteroatoms. The predicted molar refractivity (Wildman–Crippen MR) is 51.4 cm³/mol. The van der Waals surface area contributed by atoms with Crippen LogP contribution in [0.15, 0.2) is 0 Å². The van der Waals surface area contributed by atoms with E-state index >= 15 is 0 Å². The lowest BCUT2D eigenvalue weighted by atomic mass is 10.5. The van der Waals surface area contributed by atoms with Crippen molar-refractivity contribution in [3.8, 4) is 0 Å². The summed E-state index contributed by atoms with van der Waals surface area (Å²) in [7, 11) is 3.73. The van der Waals surface area contributed by atoms with Gasteiger partial charge in [0.25, 0.3) is 0 Å². The minimum Gasteiger partial charge on any atom is -0.383 e. The molecule has 0 radical (unpaired) electrons. The molecule has 0 unspecified atom stereocenters. The first-order valence-electron chi connectivity index (χ1n) is 4.04. The lowest BCUT2D eigenvalue weighted by molar-refractivity contribution is 0.164. The average molecular weight is 182 g/mol. The molecule has 0 saturated heterocycles.